The van der Waals surface area contributed by atoms with E-state index < -0.39 is 22.2 Å². The molecule has 0 spiro atoms. The molecule has 0 saturated carbocycles. The molecule has 5 aromatic rings. The fourth-order valence-electron chi connectivity index (χ4n) is 5.10. The molecule has 0 fully saturated rings. The molecule has 0 aliphatic carbocycles. The lowest BCUT2D eigenvalue weighted by molar-refractivity contribution is -0.384. The van der Waals surface area contributed by atoms with E-state index in [1.165, 1.54) is 30.1 Å². The summed E-state index contributed by atoms with van der Waals surface area (Å²) in [4.78, 5) is 44.0. The first-order chi connectivity index (χ1) is 19.7. The predicted molar refractivity (Wildman–Crippen MR) is 156 cm³/mol. The number of aromatic nitrogens is 4. The highest BCUT2D eigenvalue weighted by Crippen LogP contribution is 2.42. The van der Waals surface area contributed by atoms with Crippen LogP contribution in [0.25, 0.3) is 16.9 Å². The van der Waals surface area contributed by atoms with Gasteiger partial charge in [0, 0.05) is 49.2 Å². The third-order valence-electron chi connectivity index (χ3n) is 7.25. The number of fused-ring (bicyclic) bond motifs is 1. The lowest BCUT2D eigenvalue weighted by Crippen LogP contribution is -2.44. The summed E-state index contributed by atoms with van der Waals surface area (Å²) in [5.41, 5.74) is 3.58. The maximum absolute atomic E-state index is 13.8. The van der Waals surface area contributed by atoms with Crippen molar-refractivity contribution in [2.75, 3.05) is 4.90 Å². The Kier molecular flexibility index (Phi) is 6.18. The van der Waals surface area contributed by atoms with Crippen molar-refractivity contribution in [2.24, 2.45) is 19.1 Å². The van der Waals surface area contributed by atoms with Crippen LogP contribution in [0.2, 0.25) is 0 Å². The molecule has 0 amide bonds. The van der Waals surface area contributed by atoms with Gasteiger partial charge in [0.1, 0.15) is 5.82 Å². The summed E-state index contributed by atoms with van der Waals surface area (Å²) < 4.78 is 4.12. The molecule has 1 aliphatic rings. The van der Waals surface area contributed by atoms with Gasteiger partial charge in [-0.15, -0.1) is 0 Å². The molecule has 11 heteroatoms. The lowest BCUT2D eigenvalue weighted by atomic mass is 9.94. The van der Waals surface area contributed by atoms with Gasteiger partial charge in [-0.05, 0) is 25.1 Å². The summed E-state index contributed by atoms with van der Waals surface area (Å²) in [6, 6.07) is 22.8. The van der Waals surface area contributed by atoms with E-state index in [9.17, 15) is 19.7 Å². The number of hydrogen-bond acceptors (Lipinski definition) is 7. The molecule has 3 aromatic carbocycles. The summed E-state index contributed by atoms with van der Waals surface area (Å²) in [6.45, 7) is 2.00. The van der Waals surface area contributed by atoms with Crippen molar-refractivity contribution in [3.8, 4) is 16.9 Å². The molecule has 0 bridgehead atoms. The van der Waals surface area contributed by atoms with Gasteiger partial charge < -0.3 is 4.90 Å². The molecule has 204 valence electrons. The Hall–Kier alpha value is -5.58. The van der Waals surface area contributed by atoms with E-state index in [-0.39, 0.29) is 17.1 Å². The van der Waals surface area contributed by atoms with Gasteiger partial charge in [0.15, 0.2) is 0 Å². The highest BCUT2D eigenvalue weighted by Gasteiger charge is 2.36. The molecule has 1 unspecified atom stereocenters. The molecule has 0 saturated heterocycles. The van der Waals surface area contributed by atoms with Crippen LogP contribution in [0.3, 0.4) is 0 Å². The molecule has 2 aromatic heterocycles. The van der Waals surface area contributed by atoms with Crippen molar-refractivity contribution >= 4 is 23.5 Å². The molecule has 11 nitrogen and oxygen atoms in total. The van der Waals surface area contributed by atoms with Crippen LogP contribution in [0, 0.1) is 17.0 Å². The fraction of sp³-hybridized carbons (Fsp3) is 0.133. The number of non-ortho nitro benzene ring substituents is 1. The predicted octanol–water partition coefficient (Wildman–Crippen LogP) is 4.42. The van der Waals surface area contributed by atoms with Gasteiger partial charge in [-0.1, -0.05) is 54.1 Å². The minimum Gasteiger partial charge on any atom is -0.320 e. The van der Waals surface area contributed by atoms with E-state index in [4.69, 9.17) is 5.10 Å². The number of benzene rings is 3. The number of rotatable bonds is 5. The average Bonchev–Trinajstić information content (AvgIpc) is 3.44. The molecular formula is C30H25N7O4. The fourth-order valence-corrected chi connectivity index (χ4v) is 5.10. The Morgan fingerprint density at radius 2 is 1.59 bits per heavy atom. The van der Waals surface area contributed by atoms with E-state index in [0.717, 1.165) is 21.4 Å². The second-order valence-electron chi connectivity index (χ2n) is 9.85. The molecule has 3 heterocycles. The maximum Gasteiger partial charge on any atom is 0.332 e. The number of nitro groups is 1. The summed E-state index contributed by atoms with van der Waals surface area (Å²) in [5.74, 6) is 0.215. The van der Waals surface area contributed by atoms with Crippen molar-refractivity contribution in [3.05, 3.63) is 133 Å². The summed E-state index contributed by atoms with van der Waals surface area (Å²) in [5, 5.41) is 16.6. The Labute approximate surface area is 234 Å². The Morgan fingerprint density at radius 3 is 2.29 bits per heavy atom. The van der Waals surface area contributed by atoms with Crippen molar-refractivity contribution in [3.63, 3.8) is 0 Å². The first kappa shape index (κ1) is 25.7. The van der Waals surface area contributed by atoms with Crippen LogP contribution in [-0.4, -0.2) is 30.2 Å². The van der Waals surface area contributed by atoms with Crippen LogP contribution in [0.4, 0.5) is 17.2 Å². The molecule has 6 rings (SSSR count). The number of anilines is 1. The zero-order valence-corrected chi connectivity index (χ0v) is 22.5. The topological polar surface area (TPSA) is 121 Å². The van der Waals surface area contributed by atoms with Gasteiger partial charge in [0.2, 0.25) is 0 Å². The van der Waals surface area contributed by atoms with Gasteiger partial charge in [-0.2, -0.15) is 5.10 Å². The highest BCUT2D eigenvalue weighted by molar-refractivity contribution is 5.88. The Bertz CT molecular complexity index is 1950. The van der Waals surface area contributed by atoms with Crippen LogP contribution in [0.1, 0.15) is 22.7 Å². The minimum atomic E-state index is -0.816. The van der Waals surface area contributed by atoms with Gasteiger partial charge >= 0.3 is 5.69 Å². The van der Waals surface area contributed by atoms with Crippen molar-refractivity contribution in [2.45, 2.75) is 13.0 Å². The zero-order valence-electron chi connectivity index (χ0n) is 22.5. The monoisotopic (exact) mass is 547 g/mol. The number of hydrogen-bond donors (Lipinski definition) is 0. The third-order valence-corrected chi connectivity index (χ3v) is 7.25. The minimum absolute atomic E-state index is 0.104. The van der Waals surface area contributed by atoms with Gasteiger partial charge in [0.25, 0.3) is 11.2 Å². The zero-order chi connectivity index (χ0) is 28.8. The van der Waals surface area contributed by atoms with Gasteiger partial charge in [-0.3, -0.25) is 24.0 Å². The quantitative estimate of drug-likeness (QED) is 0.237. The summed E-state index contributed by atoms with van der Waals surface area (Å²) in [6.07, 6.45) is 3.36. The SMILES string of the molecule is Cc1ccc(-c2nn(-c3ccccc3)cc2C2c3c(n(C)c(=O)n(C)c3=O)N=CN2c2cccc([N+](=O)[O-])c2)cc1. The van der Waals surface area contributed by atoms with Crippen LogP contribution < -0.4 is 16.1 Å². The summed E-state index contributed by atoms with van der Waals surface area (Å²) >= 11 is 0. The number of nitrogens with zero attached hydrogens (tertiary/aromatic N) is 7. The van der Waals surface area contributed by atoms with E-state index >= 15 is 0 Å². The highest BCUT2D eigenvalue weighted by atomic mass is 16.6. The largest absolute Gasteiger partial charge is 0.332 e. The van der Waals surface area contributed by atoms with E-state index in [1.54, 1.807) is 28.8 Å². The normalized spacial score (nSPS) is 14.2. The third kappa shape index (κ3) is 4.33. The Morgan fingerprint density at radius 1 is 0.878 bits per heavy atom. The van der Waals surface area contributed by atoms with Crippen molar-refractivity contribution in [1.82, 2.24) is 18.9 Å². The van der Waals surface area contributed by atoms with Gasteiger partial charge in [0.05, 0.1) is 34.2 Å². The number of aryl methyl sites for hydroxylation is 1. The molecule has 1 atom stereocenters. The number of para-hydroxylation sites is 1. The van der Waals surface area contributed by atoms with Crippen LogP contribution in [0.5, 0.6) is 0 Å². The Balaban J connectivity index is 1.68. The molecule has 41 heavy (non-hydrogen) atoms. The number of aliphatic imine (C=N–C) groups is 1. The lowest BCUT2D eigenvalue weighted by Gasteiger charge is -2.34. The van der Waals surface area contributed by atoms with E-state index in [2.05, 4.69) is 4.99 Å². The van der Waals surface area contributed by atoms with Crippen LogP contribution >= 0.6 is 0 Å². The smallest absolute Gasteiger partial charge is 0.320 e. The van der Waals surface area contributed by atoms with Crippen molar-refractivity contribution < 1.29 is 4.92 Å². The second-order valence-corrected chi connectivity index (χ2v) is 9.85. The first-order valence-electron chi connectivity index (χ1n) is 12.8. The molecule has 0 radical (unpaired) electrons. The maximum atomic E-state index is 13.8. The molecule has 1 aliphatic heterocycles. The first-order valence-corrected chi connectivity index (χ1v) is 12.8. The van der Waals surface area contributed by atoms with Crippen LogP contribution in [0.15, 0.2) is 99.6 Å². The molecule has 0 N–H and O–H groups in total. The van der Waals surface area contributed by atoms with Gasteiger partial charge in [-0.25, -0.2) is 14.5 Å². The van der Waals surface area contributed by atoms with Crippen molar-refractivity contribution in [1.29, 1.82) is 0 Å². The molecular weight excluding hydrogens is 522 g/mol. The van der Waals surface area contributed by atoms with E-state index in [1.807, 2.05) is 67.7 Å². The standard InChI is InChI=1S/C30H25N7O4/c1-19-12-14-20(15-13-19)26-24(17-36(32-26)21-8-5-4-6-9-21)27-25-28(33(2)30(39)34(3)29(25)38)31-18-35(27)22-10-7-11-23(16-22)37(40)41/h4-18,27H,1-3H3. The number of nitro benzene ring substituents is 1. The average molecular weight is 548 g/mol. The van der Waals surface area contributed by atoms with E-state index in [0.29, 0.717) is 16.9 Å². The summed E-state index contributed by atoms with van der Waals surface area (Å²) in [7, 11) is 2.98. The van der Waals surface area contributed by atoms with Crippen LogP contribution in [-0.2, 0) is 14.1 Å². The second kappa shape index (κ2) is 9.87.